The molecule has 0 aliphatic heterocycles. The van der Waals surface area contributed by atoms with Gasteiger partial charge in [-0.3, -0.25) is 19.7 Å². The lowest BCUT2D eigenvalue weighted by Crippen LogP contribution is -2.22. The molecule has 3 aromatic rings. The van der Waals surface area contributed by atoms with E-state index in [0.29, 0.717) is 13.2 Å². The van der Waals surface area contributed by atoms with Crippen LogP contribution in [0, 0.1) is 10.1 Å². The third-order valence-corrected chi connectivity index (χ3v) is 3.80. The first-order chi connectivity index (χ1) is 11.6. The van der Waals surface area contributed by atoms with Gasteiger partial charge in [0.05, 0.1) is 30.4 Å². The minimum absolute atomic E-state index is 0.0692. The van der Waals surface area contributed by atoms with Crippen molar-refractivity contribution in [2.75, 3.05) is 14.2 Å². The number of benzene rings is 2. The van der Waals surface area contributed by atoms with Crippen LogP contribution in [-0.2, 0) is 13.2 Å². The smallest absolute Gasteiger partial charge is 0.271 e. The standard InChI is InChI=1S/C17H18N4O3/c1-19(11-13-4-3-5-16(8-13)24-2)12-20-17-9-15(21(22)23)7-6-14(17)10-18-20/h3-10H,11-12H2,1-2H3. The van der Waals surface area contributed by atoms with E-state index in [1.165, 1.54) is 6.07 Å². The Bertz CT molecular complexity index is 875. The van der Waals surface area contributed by atoms with E-state index in [1.807, 2.05) is 31.3 Å². The highest BCUT2D eigenvalue weighted by Crippen LogP contribution is 2.21. The molecule has 0 saturated heterocycles. The second-order valence-electron chi connectivity index (χ2n) is 5.65. The first kappa shape index (κ1) is 15.9. The summed E-state index contributed by atoms with van der Waals surface area (Å²) in [7, 11) is 3.62. The monoisotopic (exact) mass is 326 g/mol. The second-order valence-corrected chi connectivity index (χ2v) is 5.65. The molecule has 0 N–H and O–H groups in total. The van der Waals surface area contributed by atoms with Crippen molar-refractivity contribution in [3.63, 3.8) is 0 Å². The Kier molecular flexibility index (Phi) is 4.43. The van der Waals surface area contributed by atoms with Crippen LogP contribution in [0.3, 0.4) is 0 Å². The van der Waals surface area contributed by atoms with Gasteiger partial charge in [-0.25, -0.2) is 0 Å². The van der Waals surface area contributed by atoms with Gasteiger partial charge < -0.3 is 4.74 Å². The molecule has 1 aromatic heterocycles. The minimum atomic E-state index is -0.392. The first-order valence-electron chi connectivity index (χ1n) is 7.48. The Hall–Kier alpha value is -2.93. The molecule has 0 fully saturated rings. The van der Waals surface area contributed by atoms with Crippen LogP contribution in [0.4, 0.5) is 5.69 Å². The van der Waals surface area contributed by atoms with E-state index in [0.717, 1.165) is 22.2 Å². The van der Waals surface area contributed by atoms with Crippen LogP contribution < -0.4 is 4.74 Å². The van der Waals surface area contributed by atoms with E-state index in [4.69, 9.17) is 4.74 Å². The molecule has 0 radical (unpaired) electrons. The maximum absolute atomic E-state index is 11.0. The number of nitro benzene ring substituents is 1. The predicted octanol–water partition coefficient (Wildman–Crippen LogP) is 3.04. The fourth-order valence-electron chi connectivity index (χ4n) is 2.65. The van der Waals surface area contributed by atoms with E-state index >= 15 is 0 Å². The van der Waals surface area contributed by atoms with E-state index in [1.54, 1.807) is 30.1 Å². The number of rotatable bonds is 6. The second kappa shape index (κ2) is 6.67. The number of hydrogen-bond donors (Lipinski definition) is 0. The summed E-state index contributed by atoms with van der Waals surface area (Å²) in [6, 6.07) is 12.7. The predicted molar refractivity (Wildman–Crippen MR) is 90.8 cm³/mol. The van der Waals surface area contributed by atoms with Crippen molar-refractivity contribution in [3.8, 4) is 5.75 Å². The van der Waals surface area contributed by atoms with Crippen LogP contribution in [-0.4, -0.2) is 33.8 Å². The molecule has 0 aliphatic rings. The Morgan fingerprint density at radius 2 is 2.12 bits per heavy atom. The molecule has 0 amide bonds. The number of nitro groups is 1. The van der Waals surface area contributed by atoms with Crippen molar-refractivity contribution in [3.05, 3.63) is 64.3 Å². The van der Waals surface area contributed by atoms with Crippen molar-refractivity contribution < 1.29 is 9.66 Å². The molecule has 0 unspecified atom stereocenters. The number of hydrogen-bond acceptors (Lipinski definition) is 5. The molecule has 7 heteroatoms. The summed E-state index contributed by atoms with van der Waals surface area (Å²) < 4.78 is 7.00. The van der Waals surface area contributed by atoms with Crippen molar-refractivity contribution in [2.24, 2.45) is 0 Å². The van der Waals surface area contributed by atoms with Gasteiger partial charge in [0.2, 0.25) is 0 Å². The number of nitrogens with zero attached hydrogens (tertiary/aromatic N) is 4. The number of aromatic nitrogens is 2. The summed E-state index contributed by atoms with van der Waals surface area (Å²) >= 11 is 0. The average Bonchev–Trinajstić information content (AvgIpc) is 2.97. The topological polar surface area (TPSA) is 73.4 Å². The molecule has 0 bridgehead atoms. The molecule has 0 aliphatic carbocycles. The normalized spacial score (nSPS) is 11.1. The van der Waals surface area contributed by atoms with Gasteiger partial charge in [0.25, 0.3) is 5.69 Å². The van der Waals surface area contributed by atoms with Crippen LogP contribution in [0.15, 0.2) is 48.7 Å². The van der Waals surface area contributed by atoms with Gasteiger partial charge in [0.15, 0.2) is 0 Å². The number of non-ortho nitro benzene ring substituents is 1. The molecule has 24 heavy (non-hydrogen) atoms. The highest BCUT2D eigenvalue weighted by atomic mass is 16.6. The third kappa shape index (κ3) is 3.36. The van der Waals surface area contributed by atoms with Gasteiger partial charge in [-0.1, -0.05) is 12.1 Å². The van der Waals surface area contributed by atoms with Crippen LogP contribution in [0.25, 0.3) is 10.9 Å². The summed E-state index contributed by atoms with van der Waals surface area (Å²) in [5.74, 6) is 0.820. The van der Waals surface area contributed by atoms with Crippen LogP contribution in [0.5, 0.6) is 5.75 Å². The maximum Gasteiger partial charge on any atom is 0.271 e. The van der Waals surface area contributed by atoms with Gasteiger partial charge in [-0.05, 0) is 30.8 Å². The van der Waals surface area contributed by atoms with E-state index < -0.39 is 4.92 Å². The van der Waals surface area contributed by atoms with E-state index in [2.05, 4.69) is 10.00 Å². The van der Waals surface area contributed by atoms with Gasteiger partial charge >= 0.3 is 0 Å². The number of ether oxygens (including phenoxy) is 1. The lowest BCUT2D eigenvalue weighted by molar-refractivity contribution is -0.384. The third-order valence-electron chi connectivity index (χ3n) is 3.80. The summed E-state index contributed by atoms with van der Waals surface area (Å²) in [6.07, 6.45) is 1.72. The van der Waals surface area contributed by atoms with Crippen LogP contribution in [0.1, 0.15) is 5.56 Å². The molecular weight excluding hydrogens is 308 g/mol. The van der Waals surface area contributed by atoms with Crippen LogP contribution in [0.2, 0.25) is 0 Å². The van der Waals surface area contributed by atoms with Gasteiger partial charge in [-0.15, -0.1) is 0 Å². The molecule has 0 saturated carbocycles. The lowest BCUT2D eigenvalue weighted by atomic mass is 10.2. The minimum Gasteiger partial charge on any atom is -0.497 e. The largest absolute Gasteiger partial charge is 0.497 e. The molecule has 3 rings (SSSR count). The SMILES string of the molecule is COc1cccc(CN(C)Cn2ncc3ccc([N+](=O)[O-])cc32)c1. The Morgan fingerprint density at radius 1 is 1.29 bits per heavy atom. The molecule has 1 heterocycles. The Labute approximate surface area is 139 Å². The van der Waals surface area contributed by atoms with Crippen LogP contribution >= 0.6 is 0 Å². The molecule has 124 valence electrons. The van der Waals surface area contributed by atoms with Gasteiger partial charge in [0.1, 0.15) is 5.75 Å². The van der Waals surface area contributed by atoms with Crippen molar-refractivity contribution in [1.29, 1.82) is 0 Å². The summed E-state index contributed by atoms with van der Waals surface area (Å²) in [5, 5.41) is 16.2. The molecular formula is C17H18N4O3. The maximum atomic E-state index is 11.0. The fraction of sp³-hybridized carbons (Fsp3) is 0.235. The average molecular weight is 326 g/mol. The number of fused-ring (bicyclic) bond motifs is 1. The van der Waals surface area contributed by atoms with Gasteiger partial charge in [-0.2, -0.15) is 5.10 Å². The molecule has 0 spiro atoms. The fourth-order valence-corrected chi connectivity index (χ4v) is 2.65. The molecule has 2 aromatic carbocycles. The Morgan fingerprint density at radius 3 is 2.88 bits per heavy atom. The highest BCUT2D eigenvalue weighted by molar-refractivity contribution is 5.80. The summed E-state index contributed by atoms with van der Waals surface area (Å²) in [5.41, 5.74) is 1.95. The van der Waals surface area contributed by atoms with Crippen molar-refractivity contribution in [1.82, 2.24) is 14.7 Å². The van der Waals surface area contributed by atoms with Gasteiger partial charge in [0, 0.05) is 24.1 Å². The summed E-state index contributed by atoms with van der Waals surface area (Å²) in [4.78, 5) is 12.6. The zero-order chi connectivity index (χ0) is 17.1. The molecule has 0 atom stereocenters. The highest BCUT2D eigenvalue weighted by Gasteiger charge is 2.11. The van der Waals surface area contributed by atoms with Crippen molar-refractivity contribution in [2.45, 2.75) is 13.2 Å². The molecule has 7 nitrogen and oxygen atoms in total. The lowest BCUT2D eigenvalue weighted by Gasteiger charge is -2.17. The summed E-state index contributed by atoms with van der Waals surface area (Å²) in [6.45, 7) is 1.25. The quantitative estimate of drug-likeness (QED) is 0.514. The first-order valence-corrected chi connectivity index (χ1v) is 7.48. The zero-order valence-corrected chi connectivity index (χ0v) is 13.5. The Balaban J connectivity index is 1.78. The van der Waals surface area contributed by atoms with Crippen molar-refractivity contribution >= 4 is 16.6 Å². The zero-order valence-electron chi connectivity index (χ0n) is 13.5. The van der Waals surface area contributed by atoms with E-state index in [-0.39, 0.29) is 5.69 Å². The van der Waals surface area contributed by atoms with E-state index in [9.17, 15) is 10.1 Å². The number of methoxy groups -OCH3 is 1.